The van der Waals surface area contributed by atoms with Crippen molar-refractivity contribution in [1.29, 1.82) is 0 Å². The van der Waals surface area contributed by atoms with Gasteiger partial charge in [-0.15, -0.1) is 0 Å². The number of hydrogen-bond acceptors (Lipinski definition) is 4. The summed E-state index contributed by atoms with van der Waals surface area (Å²) in [5.41, 5.74) is 0. The number of ether oxygens (including phenoxy) is 2. The van der Waals surface area contributed by atoms with Crippen LogP contribution in [0.5, 0.6) is 0 Å². The second kappa shape index (κ2) is 5.96. The highest BCUT2D eigenvalue weighted by Gasteiger charge is 2.30. The first kappa shape index (κ1) is 12.3. The lowest BCUT2D eigenvalue weighted by molar-refractivity contribution is -0.0848. The maximum absolute atomic E-state index is 10.0. The van der Waals surface area contributed by atoms with Gasteiger partial charge in [-0.05, 0) is 25.8 Å². The molecule has 0 aliphatic carbocycles. The molecule has 0 aromatic carbocycles. The van der Waals surface area contributed by atoms with Crippen molar-refractivity contribution in [3.63, 3.8) is 0 Å². The summed E-state index contributed by atoms with van der Waals surface area (Å²) in [4.78, 5) is 2.34. The van der Waals surface area contributed by atoms with E-state index in [9.17, 15) is 5.11 Å². The zero-order valence-corrected chi connectivity index (χ0v) is 10.1. The molecular formula is C12H23NO3. The second-order valence-corrected chi connectivity index (χ2v) is 4.70. The van der Waals surface area contributed by atoms with E-state index >= 15 is 0 Å². The molecule has 2 rings (SSSR count). The van der Waals surface area contributed by atoms with Crippen LogP contribution in [0.25, 0.3) is 0 Å². The van der Waals surface area contributed by atoms with E-state index in [1.165, 1.54) is 12.8 Å². The van der Waals surface area contributed by atoms with Crippen molar-refractivity contribution in [1.82, 2.24) is 4.90 Å². The molecule has 2 saturated heterocycles. The molecule has 0 aromatic heterocycles. The standard InChI is InChI=1S/C12H23NO3/c1-2-11(14)10-5-3-4-6-13(10)9-12-15-7-8-16-12/h10-12,14H,2-9H2,1H3. The van der Waals surface area contributed by atoms with Gasteiger partial charge >= 0.3 is 0 Å². The first-order chi connectivity index (χ1) is 7.81. The number of aliphatic hydroxyl groups is 1. The number of nitrogens with zero attached hydrogens (tertiary/aromatic N) is 1. The van der Waals surface area contributed by atoms with E-state index in [2.05, 4.69) is 4.90 Å². The molecule has 4 nitrogen and oxygen atoms in total. The molecule has 2 atom stereocenters. The summed E-state index contributed by atoms with van der Waals surface area (Å²) in [6, 6.07) is 0.298. The van der Waals surface area contributed by atoms with Crippen molar-refractivity contribution in [2.45, 2.75) is 51.0 Å². The minimum Gasteiger partial charge on any atom is -0.392 e. The van der Waals surface area contributed by atoms with Gasteiger partial charge in [0.1, 0.15) is 0 Å². The Morgan fingerprint density at radius 1 is 1.31 bits per heavy atom. The van der Waals surface area contributed by atoms with Crippen molar-refractivity contribution in [3.05, 3.63) is 0 Å². The Kier molecular flexibility index (Phi) is 4.58. The Labute approximate surface area is 97.5 Å². The highest BCUT2D eigenvalue weighted by atomic mass is 16.7. The van der Waals surface area contributed by atoms with Gasteiger partial charge in [-0.25, -0.2) is 0 Å². The Morgan fingerprint density at radius 3 is 2.75 bits per heavy atom. The molecular weight excluding hydrogens is 206 g/mol. The van der Waals surface area contributed by atoms with E-state index in [-0.39, 0.29) is 12.4 Å². The van der Waals surface area contributed by atoms with Crippen LogP contribution in [0, 0.1) is 0 Å². The number of rotatable bonds is 4. The minimum atomic E-state index is -0.207. The molecule has 2 fully saturated rings. The third kappa shape index (κ3) is 2.94. The van der Waals surface area contributed by atoms with Crippen LogP contribution in [0.2, 0.25) is 0 Å². The second-order valence-electron chi connectivity index (χ2n) is 4.70. The first-order valence-electron chi connectivity index (χ1n) is 6.46. The molecule has 94 valence electrons. The molecule has 0 bridgehead atoms. The Hall–Kier alpha value is -0.160. The van der Waals surface area contributed by atoms with Crippen LogP contribution < -0.4 is 0 Å². The van der Waals surface area contributed by atoms with E-state index in [4.69, 9.17) is 9.47 Å². The van der Waals surface area contributed by atoms with Gasteiger partial charge in [0.2, 0.25) is 0 Å². The average Bonchev–Trinajstić information content (AvgIpc) is 2.82. The van der Waals surface area contributed by atoms with Gasteiger partial charge in [0.15, 0.2) is 6.29 Å². The fourth-order valence-corrected chi connectivity index (χ4v) is 2.66. The largest absolute Gasteiger partial charge is 0.392 e. The quantitative estimate of drug-likeness (QED) is 0.780. The van der Waals surface area contributed by atoms with Crippen LogP contribution in [-0.4, -0.2) is 54.7 Å². The Balaban J connectivity index is 1.87. The summed E-state index contributed by atoms with van der Waals surface area (Å²) in [6.07, 6.45) is 4.09. The maximum Gasteiger partial charge on any atom is 0.170 e. The van der Waals surface area contributed by atoms with Crippen molar-refractivity contribution in [3.8, 4) is 0 Å². The zero-order chi connectivity index (χ0) is 11.4. The molecule has 1 N–H and O–H groups in total. The minimum absolute atomic E-state index is 0.0790. The summed E-state index contributed by atoms with van der Waals surface area (Å²) in [5.74, 6) is 0. The zero-order valence-electron chi connectivity index (χ0n) is 10.1. The van der Waals surface area contributed by atoms with Gasteiger partial charge in [0.25, 0.3) is 0 Å². The highest BCUT2D eigenvalue weighted by Crippen LogP contribution is 2.22. The highest BCUT2D eigenvalue weighted by molar-refractivity contribution is 4.83. The lowest BCUT2D eigenvalue weighted by Gasteiger charge is -2.39. The third-order valence-electron chi connectivity index (χ3n) is 3.60. The molecule has 0 radical (unpaired) electrons. The van der Waals surface area contributed by atoms with E-state index in [1.54, 1.807) is 0 Å². The Morgan fingerprint density at radius 2 is 2.06 bits per heavy atom. The average molecular weight is 229 g/mol. The van der Waals surface area contributed by atoms with Crippen molar-refractivity contribution in [2.75, 3.05) is 26.3 Å². The Bertz CT molecular complexity index is 206. The summed E-state index contributed by atoms with van der Waals surface area (Å²) < 4.78 is 10.9. The monoisotopic (exact) mass is 229 g/mol. The molecule has 16 heavy (non-hydrogen) atoms. The summed E-state index contributed by atoms with van der Waals surface area (Å²) >= 11 is 0. The topological polar surface area (TPSA) is 41.9 Å². The van der Waals surface area contributed by atoms with E-state index in [0.29, 0.717) is 19.3 Å². The van der Waals surface area contributed by atoms with E-state index < -0.39 is 0 Å². The molecule has 0 amide bonds. The van der Waals surface area contributed by atoms with Gasteiger partial charge in [-0.2, -0.15) is 0 Å². The first-order valence-corrected chi connectivity index (χ1v) is 6.46. The molecule has 4 heteroatoms. The van der Waals surface area contributed by atoms with Gasteiger partial charge in [0.05, 0.1) is 19.3 Å². The molecule has 0 saturated carbocycles. The number of piperidine rings is 1. The van der Waals surface area contributed by atoms with Gasteiger partial charge < -0.3 is 14.6 Å². The smallest absolute Gasteiger partial charge is 0.170 e. The van der Waals surface area contributed by atoms with Crippen LogP contribution in [0.3, 0.4) is 0 Å². The van der Waals surface area contributed by atoms with Crippen molar-refractivity contribution in [2.24, 2.45) is 0 Å². The van der Waals surface area contributed by atoms with Crippen molar-refractivity contribution < 1.29 is 14.6 Å². The molecule has 2 aliphatic rings. The third-order valence-corrected chi connectivity index (χ3v) is 3.60. The fraction of sp³-hybridized carbons (Fsp3) is 1.00. The summed E-state index contributed by atoms with van der Waals surface area (Å²) in [5, 5.41) is 10.0. The maximum atomic E-state index is 10.0. The van der Waals surface area contributed by atoms with Gasteiger partial charge in [-0.3, -0.25) is 4.90 Å². The lowest BCUT2D eigenvalue weighted by atomic mass is 9.96. The van der Waals surface area contributed by atoms with Crippen LogP contribution in [0.15, 0.2) is 0 Å². The summed E-state index contributed by atoms with van der Waals surface area (Å²) in [7, 11) is 0. The fourth-order valence-electron chi connectivity index (χ4n) is 2.66. The molecule has 2 aliphatic heterocycles. The van der Waals surface area contributed by atoms with Gasteiger partial charge in [-0.1, -0.05) is 13.3 Å². The lowest BCUT2D eigenvalue weighted by Crippen LogP contribution is -2.49. The predicted octanol–water partition coefficient (Wildman–Crippen LogP) is 0.985. The van der Waals surface area contributed by atoms with Crippen LogP contribution in [0.4, 0.5) is 0 Å². The SMILES string of the molecule is CCC(O)C1CCCCN1CC1OCCO1. The number of likely N-dealkylation sites (tertiary alicyclic amines) is 1. The number of hydrogen-bond donors (Lipinski definition) is 1. The van der Waals surface area contributed by atoms with E-state index in [1.807, 2.05) is 6.92 Å². The number of aliphatic hydroxyl groups excluding tert-OH is 1. The molecule has 0 aromatic rings. The molecule has 2 heterocycles. The van der Waals surface area contributed by atoms with Crippen LogP contribution in [-0.2, 0) is 9.47 Å². The van der Waals surface area contributed by atoms with Crippen LogP contribution >= 0.6 is 0 Å². The normalized spacial score (nSPS) is 30.8. The summed E-state index contributed by atoms with van der Waals surface area (Å²) in [6.45, 7) is 5.33. The van der Waals surface area contributed by atoms with Gasteiger partial charge in [0, 0.05) is 12.6 Å². The van der Waals surface area contributed by atoms with Crippen LogP contribution in [0.1, 0.15) is 32.6 Å². The molecule has 0 spiro atoms. The van der Waals surface area contributed by atoms with Crippen molar-refractivity contribution >= 4 is 0 Å². The molecule has 2 unspecified atom stereocenters. The predicted molar refractivity (Wildman–Crippen MR) is 61.2 cm³/mol. The van der Waals surface area contributed by atoms with E-state index in [0.717, 1.165) is 25.9 Å².